The second-order valence-corrected chi connectivity index (χ2v) is 16.8. The van der Waals surface area contributed by atoms with Crippen LogP contribution in [0.5, 0.6) is 0 Å². The second-order valence-electron chi connectivity index (χ2n) is 16.8. The summed E-state index contributed by atoms with van der Waals surface area (Å²) in [4.78, 5) is 2.75. The third-order valence-corrected chi connectivity index (χ3v) is 13.7. The number of allylic oxidation sites excluding steroid dienone is 5. The van der Waals surface area contributed by atoms with Crippen molar-refractivity contribution in [2.75, 3.05) is 4.90 Å². The van der Waals surface area contributed by atoms with E-state index in [9.17, 15) is 0 Å². The molecule has 0 aromatic heterocycles. The summed E-state index contributed by atoms with van der Waals surface area (Å²) in [5.74, 6) is 2.66. The molecule has 52 heavy (non-hydrogen) atoms. The fraction of sp³-hybridized carbons (Fsp3) is 0.373. The van der Waals surface area contributed by atoms with E-state index >= 15 is 0 Å². The fourth-order valence-electron chi connectivity index (χ4n) is 11.1. The molecule has 264 valence electrons. The monoisotopic (exact) mass is 681 g/mol. The molecule has 2 unspecified atom stereocenters. The Morgan fingerprint density at radius 2 is 1.27 bits per heavy atom. The van der Waals surface area contributed by atoms with Crippen molar-refractivity contribution >= 4 is 5.69 Å². The van der Waals surface area contributed by atoms with Gasteiger partial charge in [-0.05, 0) is 108 Å². The van der Waals surface area contributed by atoms with Gasteiger partial charge in [-0.1, -0.05) is 173 Å². The first-order chi connectivity index (χ1) is 25.6. The Hall–Kier alpha value is -4.36. The smallest absolute Gasteiger partial charge is 0.0714 e. The van der Waals surface area contributed by atoms with E-state index in [0.29, 0.717) is 11.8 Å². The SMILES string of the molecule is C[C@H]1C=C(N(c2cccc3c2-c2ccccc2C3(c2ccccc2)c2ccccc2)C2(C)C=CC(C3CCCCC3)=CC2)C=CC1C1CCCCC1. The molecule has 0 saturated heterocycles. The third-order valence-electron chi connectivity index (χ3n) is 13.7. The molecule has 2 fully saturated rings. The van der Waals surface area contributed by atoms with Crippen LogP contribution >= 0.6 is 0 Å². The van der Waals surface area contributed by atoms with Gasteiger partial charge in [0.2, 0.25) is 0 Å². The van der Waals surface area contributed by atoms with Crippen molar-refractivity contribution in [2.24, 2.45) is 23.7 Å². The third kappa shape index (κ3) is 5.58. The van der Waals surface area contributed by atoms with Crippen molar-refractivity contribution in [1.29, 1.82) is 0 Å². The minimum absolute atomic E-state index is 0.208. The molecule has 1 nitrogen and oxygen atoms in total. The van der Waals surface area contributed by atoms with E-state index in [0.717, 1.165) is 18.3 Å². The molecule has 0 heterocycles. The van der Waals surface area contributed by atoms with Crippen molar-refractivity contribution in [3.63, 3.8) is 0 Å². The first-order valence-electron chi connectivity index (χ1n) is 20.5. The Kier molecular flexibility index (Phi) is 8.94. The lowest BCUT2D eigenvalue weighted by Gasteiger charge is -2.46. The molecule has 5 aliphatic carbocycles. The summed E-state index contributed by atoms with van der Waals surface area (Å²) in [6.45, 7) is 4.98. The van der Waals surface area contributed by atoms with Crippen LogP contribution in [0.25, 0.3) is 11.1 Å². The van der Waals surface area contributed by atoms with Gasteiger partial charge in [-0.3, -0.25) is 0 Å². The van der Waals surface area contributed by atoms with Crippen LogP contribution < -0.4 is 4.90 Å². The molecule has 0 spiro atoms. The average Bonchev–Trinajstić information content (AvgIpc) is 3.51. The minimum atomic E-state index is -0.413. The second kappa shape index (κ2) is 13.9. The first-order valence-corrected chi connectivity index (χ1v) is 20.5. The molecule has 1 heteroatoms. The van der Waals surface area contributed by atoms with Crippen LogP contribution in [-0.2, 0) is 5.41 Å². The van der Waals surface area contributed by atoms with Crippen LogP contribution in [0.15, 0.2) is 151 Å². The van der Waals surface area contributed by atoms with Crippen LogP contribution in [0, 0.1) is 23.7 Å². The number of nitrogens with zero attached hydrogens (tertiary/aromatic N) is 1. The van der Waals surface area contributed by atoms with Gasteiger partial charge in [0.1, 0.15) is 0 Å². The minimum Gasteiger partial charge on any atom is -0.331 e. The Bertz CT molecular complexity index is 1980. The summed E-state index contributed by atoms with van der Waals surface area (Å²) in [6, 6.07) is 38.9. The normalized spacial score (nSPS) is 25.6. The molecule has 0 amide bonds. The molecule has 5 aliphatic rings. The van der Waals surface area contributed by atoms with Crippen molar-refractivity contribution < 1.29 is 0 Å². The summed E-state index contributed by atoms with van der Waals surface area (Å²) in [6.07, 6.45) is 30.3. The van der Waals surface area contributed by atoms with Gasteiger partial charge in [-0.25, -0.2) is 0 Å². The number of benzene rings is 4. The van der Waals surface area contributed by atoms with Crippen LogP contribution in [0.4, 0.5) is 5.69 Å². The van der Waals surface area contributed by atoms with E-state index < -0.39 is 5.41 Å². The maximum absolute atomic E-state index is 2.75. The summed E-state index contributed by atoms with van der Waals surface area (Å²) in [5.41, 5.74) is 11.7. The molecule has 2 saturated carbocycles. The first kappa shape index (κ1) is 33.5. The number of fused-ring (bicyclic) bond motifs is 3. The number of rotatable bonds is 7. The fourth-order valence-corrected chi connectivity index (χ4v) is 11.1. The molecule has 4 aromatic carbocycles. The highest BCUT2D eigenvalue weighted by Gasteiger charge is 2.48. The number of hydrogen-bond acceptors (Lipinski definition) is 1. The molecule has 0 radical (unpaired) electrons. The van der Waals surface area contributed by atoms with Gasteiger partial charge < -0.3 is 4.90 Å². The molecule has 0 N–H and O–H groups in total. The summed E-state index contributed by atoms with van der Waals surface area (Å²) >= 11 is 0. The van der Waals surface area contributed by atoms with Crippen LogP contribution in [0.3, 0.4) is 0 Å². The van der Waals surface area contributed by atoms with Crippen LogP contribution in [-0.4, -0.2) is 5.54 Å². The van der Waals surface area contributed by atoms with Crippen molar-refractivity contribution in [3.8, 4) is 11.1 Å². The van der Waals surface area contributed by atoms with Crippen molar-refractivity contribution in [2.45, 2.75) is 95.4 Å². The van der Waals surface area contributed by atoms with Crippen LogP contribution in [0.1, 0.15) is 107 Å². The maximum atomic E-state index is 2.75. The van der Waals surface area contributed by atoms with Crippen molar-refractivity contribution in [1.82, 2.24) is 0 Å². The molecular weight excluding hydrogens is 627 g/mol. The predicted octanol–water partition coefficient (Wildman–Crippen LogP) is 13.4. The van der Waals surface area contributed by atoms with E-state index in [1.807, 2.05) is 0 Å². The van der Waals surface area contributed by atoms with E-state index in [4.69, 9.17) is 0 Å². The van der Waals surface area contributed by atoms with Crippen molar-refractivity contribution in [3.05, 3.63) is 173 Å². The van der Waals surface area contributed by atoms with Gasteiger partial charge in [0.25, 0.3) is 0 Å². The zero-order valence-corrected chi connectivity index (χ0v) is 31.3. The van der Waals surface area contributed by atoms with Gasteiger partial charge >= 0.3 is 0 Å². The number of hydrogen-bond donors (Lipinski definition) is 0. The molecule has 4 aromatic rings. The lowest BCUT2D eigenvalue weighted by molar-refractivity contribution is 0.249. The highest BCUT2D eigenvalue weighted by molar-refractivity contribution is 5.94. The van der Waals surface area contributed by atoms with E-state index in [2.05, 4.69) is 158 Å². The molecule has 0 aliphatic heterocycles. The maximum Gasteiger partial charge on any atom is 0.0714 e. The van der Waals surface area contributed by atoms with Gasteiger partial charge in [0.05, 0.1) is 16.6 Å². The summed E-state index contributed by atoms with van der Waals surface area (Å²) in [7, 11) is 0. The average molecular weight is 682 g/mol. The lowest BCUT2D eigenvalue weighted by Crippen LogP contribution is -2.46. The highest BCUT2D eigenvalue weighted by Crippen LogP contribution is 2.59. The van der Waals surface area contributed by atoms with Gasteiger partial charge in [0, 0.05) is 11.3 Å². The zero-order valence-electron chi connectivity index (χ0n) is 31.3. The Morgan fingerprint density at radius 3 is 1.92 bits per heavy atom. The van der Waals surface area contributed by atoms with Gasteiger partial charge in [-0.15, -0.1) is 0 Å². The summed E-state index contributed by atoms with van der Waals surface area (Å²) < 4.78 is 0. The highest BCUT2D eigenvalue weighted by atomic mass is 15.2. The Labute approximate surface area is 312 Å². The van der Waals surface area contributed by atoms with Gasteiger partial charge in [0.15, 0.2) is 0 Å². The van der Waals surface area contributed by atoms with E-state index in [1.165, 1.54) is 109 Å². The van der Waals surface area contributed by atoms with Gasteiger partial charge in [-0.2, -0.15) is 0 Å². The molecule has 0 bridgehead atoms. The van der Waals surface area contributed by atoms with E-state index in [1.54, 1.807) is 5.57 Å². The van der Waals surface area contributed by atoms with Crippen LogP contribution in [0.2, 0.25) is 0 Å². The Balaban J connectivity index is 1.23. The standard InChI is InChI=1S/C51H55N/c1-37-36-43(30-31-44(37)40-20-9-4-10-21-40)52(50(2)34-32-39(33-35-50)38-18-7-3-8-19-38)48-29-17-28-47-49(48)45-26-15-16-27-46(45)51(47,41-22-11-5-12-23-41)42-24-13-6-14-25-42/h5-6,11-17,22-34,36-38,40,44H,3-4,7-10,18-21,35H2,1-2H3/t37-,44?,50?/m0/s1. The summed E-state index contributed by atoms with van der Waals surface area (Å²) in [5, 5.41) is 0. The lowest BCUT2D eigenvalue weighted by atomic mass is 9.67. The largest absolute Gasteiger partial charge is 0.331 e. The van der Waals surface area contributed by atoms with E-state index in [-0.39, 0.29) is 5.54 Å². The molecular formula is C51H55N. The topological polar surface area (TPSA) is 3.24 Å². The number of anilines is 1. The molecule has 9 rings (SSSR count). The zero-order chi connectivity index (χ0) is 35.1. The quantitative estimate of drug-likeness (QED) is 0.165. The Morgan fingerprint density at radius 1 is 0.635 bits per heavy atom. The predicted molar refractivity (Wildman–Crippen MR) is 219 cm³/mol. The molecule has 3 atom stereocenters.